The van der Waals surface area contributed by atoms with E-state index < -0.39 is 75.5 Å². The first-order valence-electron chi connectivity index (χ1n) is 14.2. The quantitative estimate of drug-likeness (QED) is 0.0705. The Morgan fingerprint density at radius 3 is 2.18 bits per heavy atom. The van der Waals surface area contributed by atoms with Gasteiger partial charge in [0.1, 0.15) is 28.8 Å². The zero-order valence-electron chi connectivity index (χ0n) is 26.4. The van der Waals surface area contributed by atoms with E-state index in [1.54, 1.807) is 58.0 Å². The van der Waals surface area contributed by atoms with Crippen molar-refractivity contribution >= 4 is 40.1 Å². The van der Waals surface area contributed by atoms with Gasteiger partial charge in [0, 0.05) is 12.5 Å². The van der Waals surface area contributed by atoms with E-state index in [1.165, 1.54) is 0 Å². The van der Waals surface area contributed by atoms with E-state index >= 15 is 0 Å². The number of ether oxygens (including phenoxy) is 3. The summed E-state index contributed by atoms with van der Waals surface area (Å²) in [6, 6.07) is 4.62. The fourth-order valence-electron chi connectivity index (χ4n) is 4.54. The van der Waals surface area contributed by atoms with Crippen molar-refractivity contribution in [2.75, 3.05) is 13.7 Å². The summed E-state index contributed by atoms with van der Waals surface area (Å²) in [4.78, 5) is 63.2. The molecule has 1 fully saturated rings. The summed E-state index contributed by atoms with van der Waals surface area (Å²) in [5, 5.41) is 9.62. The van der Waals surface area contributed by atoms with Crippen LogP contribution in [0.1, 0.15) is 52.5 Å². The monoisotopic (exact) mass is 664 g/mol. The van der Waals surface area contributed by atoms with Crippen molar-refractivity contribution < 1.29 is 80.7 Å². The van der Waals surface area contributed by atoms with Crippen LogP contribution in [0, 0.1) is 17.8 Å². The van der Waals surface area contributed by atoms with E-state index in [0.29, 0.717) is 5.56 Å². The summed E-state index contributed by atoms with van der Waals surface area (Å²) in [7, 11) is -4.37. The Morgan fingerprint density at radius 1 is 1.02 bits per heavy atom. The average Bonchev–Trinajstić information content (AvgIpc) is 3.35. The van der Waals surface area contributed by atoms with Crippen LogP contribution in [0.15, 0.2) is 30.3 Å². The molecule has 4 amide bonds. The molecule has 0 aliphatic carbocycles. The maximum absolute atomic E-state index is 13.5. The molecule has 1 aliphatic heterocycles. The number of alkyl carbamates (subject to hydrolysis) is 2. The van der Waals surface area contributed by atoms with Crippen LogP contribution in [-0.4, -0.2) is 80.2 Å². The van der Waals surface area contributed by atoms with Gasteiger partial charge in [-0.05, 0) is 36.7 Å². The molecule has 0 saturated carbocycles. The van der Waals surface area contributed by atoms with Gasteiger partial charge in [-0.25, -0.2) is 22.8 Å². The summed E-state index contributed by atoms with van der Waals surface area (Å²) in [5.74, 6) is -3.63. The minimum absolute atomic E-state index is 0. The molecule has 0 aromatic heterocycles. The second-order valence-electron chi connectivity index (χ2n) is 11.2. The summed E-state index contributed by atoms with van der Waals surface area (Å²) in [6.45, 7) is 6.92. The molecule has 1 aromatic rings. The predicted molar refractivity (Wildman–Crippen MR) is 154 cm³/mol. The average molecular weight is 665 g/mol. The number of benzene rings is 1. The van der Waals surface area contributed by atoms with Crippen LogP contribution in [0.25, 0.3) is 0 Å². The molecule has 1 aliphatic rings. The molecule has 5 atom stereocenters. The molecular formula is C28H41N4NaO11S. The fraction of sp³-hybridized carbons (Fsp3) is 0.607. The van der Waals surface area contributed by atoms with Crippen molar-refractivity contribution in [2.45, 2.75) is 77.1 Å². The van der Waals surface area contributed by atoms with E-state index in [1.807, 2.05) is 0 Å². The third-order valence-corrected chi connectivity index (χ3v) is 7.78. The molecule has 15 nitrogen and oxygen atoms in total. The van der Waals surface area contributed by atoms with E-state index in [4.69, 9.17) is 9.47 Å². The van der Waals surface area contributed by atoms with Gasteiger partial charge in [0.05, 0.1) is 13.2 Å². The molecule has 0 spiro atoms. The fourth-order valence-corrected chi connectivity index (χ4v) is 5.33. The van der Waals surface area contributed by atoms with Crippen LogP contribution < -0.4 is 50.8 Å². The Morgan fingerprint density at radius 2 is 1.67 bits per heavy atom. The van der Waals surface area contributed by atoms with Gasteiger partial charge in [-0.1, -0.05) is 58.0 Å². The van der Waals surface area contributed by atoms with Crippen molar-refractivity contribution in [3.8, 4) is 0 Å². The van der Waals surface area contributed by atoms with E-state index in [-0.39, 0.29) is 67.9 Å². The molecule has 2 unspecified atom stereocenters. The van der Waals surface area contributed by atoms with Crippen molar-refractivity contribution in [3.05, 3.63) is 35.9 Å². The summed E-state index contributed by atoms with van der Waals surface area (Å²) in [6.07, 6.45) is -2.38. The van der Waals surface area contributed by atoms with Crippen LogP contribution in [0.2, 0.25) is 0 Å². The second kappa shape index (κ2) is 18.9. The minimum Gasteiger partial charge on any atom is -0.745 e. The molecule has 1 saturated heterocycles. The molecule has 1 aromatic carbocycles. The maximum atomic E-state index is 13.5. The van der Waals surface area contributed by atoms with Gasteiger partial charge >= 0.3 is 47.7 Å². The number of hydrogen-bond donors (Lipinski definition) is 4. The normalized spacial score (nSPS) is 17.2. The number of amides is 4. The SMILES string of the molecule is COC(=O)C(NC(=O)OC([C@H](C[C@@H]1CCNC1=O)NC(=O)[C@H](CC(C)C)NC(=O)OCc1ccccc1)S(=O)(=O)[O-])C(C)C.[Na+]. The smallest absolute Gasteiger partial charge is 0.745 e. The Balaban J connectivity index is 0.0000101. The van der Waals surface area contributed by atoms with Crippen LogP contribution in [0.4, 0.5) is 9.59 Å². The maximum Gasteiger partial charge on any atom is 1.00 e. The van der Waals surface area contributed by atoms with Gasteiger partial charge < -0.3 is 40.0 Å². The van der Waals surface area contributed by atoms with E-state index in [0.717, 1.165) is 7.11 Å². The van der Waals surface area contributed by atoms with Crippen LogP contribution in [0.3, 0.4) is 0 Å². The molecule has 2 rings (SSSR count). The third-order valence-electron chi connectivity index (χ3n) is 6.79. The van der Waals surface area contributed by atoms with Gasteiger partial charge in [0.15, 0.2) is 0 Å². The molecule has 0 radical (unpaired) electrons. The Labute approximate surface area is 285 Å². The van der Waals surface area contributed by atoms with Gasteiger partial charge in [0.2, 0.25) is 17.3 Å². The van der Waals surface area contributed by atoms with Gasteiger partial charge in [0.25, 0.3) is 0 Å². The van der Waals surface area contributed by atoms with Crippen LogP contribution in [0.5, 0.6) is 0 Å². The number of esters is 1. The van der Waals surface area contributed by atoms with Crippen molar-refractivity contribution in [2.24, 2.45) is 17.8 Å². The molecule has 0 bridgehead atoms. The number of carbonyl (C=O) groups is 5. The van der Waals surface area contributed by atoms with E-state index in [2.05, 4.69) is 26.0 Å². The first kappa shape index (κ1) is 40.1. The third kappa shape index (κ3) is 13.5. The zero-order valence-corrected chi connectivity index (χ0v) is 29.2. The predicted octanol–water partition coefficient (Wildman–Crippen LogP) is -1.86. The van der Waals surface area contributed by atoms with Gasteiger partial charge in [-0.15, -0.1) is 0 Å². The summed E-state index contributed by atoms with van der Waals surface area (Å²) < 4.78 is 52.1. The van der Waals surface area contributed by atoms with Crippen molar-refractivity contribution in [1.82, 2.24) is 21.3 Å². The Kier molecular flexibility index (Phi) is 16.8. The van der Waals surface area contributed by atoms with E-state index in [9.17, 15) is 36.9 Å². The molecule has 246 valence electrons. The van der Waals surface area contributed by atoms with Crippen LogP contribution in [-0.2, 0) is 45.3 Å². The van der Waals surface area contributed by atoms with Gasteiger partial charge in [-0.3, -0.25) is 9.59 Å². The van der Waals surface area contributed by atoms with Gasteiger partial charge in [-0.2, -0.15) is 0 Å². The number of methoxy groups -OCH3 is 1. The standard InChI is InChI=1S/C28H42N4O11S.Na/c1-16(2)13-20(31-27(36)42-15-18-9-7-6-8-10-18)24(34)30-21(14-19-11-12-29-23(19)33)26(44(38,39)40)43-28(37)32-22(17(3)4)25(35)41-5;/h6-10,16-17,19-22,26H,11-15H2,1-5H3,(H,29,33)(H,30,34)(H,31,36)(H,32,37)(H,38,39,40);/q;+1/p-1/t19-,20-,21-,22?,26?;/m0./s1. The topological polar surface area (TPSA) is 218 Å². The molecule has 4 N–H and O–H groups in total. The summed E-state index contributed by atoms with van der Waals surface area (Å²) in [5.41, 5.74) is -1.79. The first-order chi connectivity index (χ1) is 20.6. The number of nitrogens with one attached hydrogen (secondary N) is 4. The largest absolute Gasteiger partial charge is 1.00 e. The number of carbonyl (C=O) groups excluding carboxylic acids is 5. The van der Waals surface area contributed by atoms with Crippen molar-refractivity contribution in [1.29, 1.82) is 0 Å². The minimum atomic E-state index is -5.46. The number of rotatable bonds is 15. The molecule has 17 heteroatoms. The number of hydrogen-bond acceptors (Lipinski definition) is 11. The Hall–Kier alpha value is -2.92. The van der Waals surface area contributed by atoms with Crippen molar-refractivity contribution in [3.63, 3.8) is 0 Å². The Bertz CT molecular complexity index is 1260. The van der Waals surface area contributed by atoms with Crippen LogP contribution >= 0.6 is 0 Å². The molecule has 1 heterocycles. The molecule has 45 heavy (non-hydrogen) atoms. The molecular weight excluding hydrogens is 623 g/mol. The zero-order chi connectivity index (χ0) is 33.0. The summed E-state index contributed by atoms with van der Waals surface area (Å²) >= 11 is 0. The first-order valence-corrected chi connectivity index (χ1v) is 15.6. The second-order valence-corrected chi connectivity index (χ2v) is 12.6.